The second-order valence-corrected chi connectivity index (χ2v) is 4.59. The van der Waals surface area contributed by atoms with E-state index in [1.54, 1.807) is 0 Å². The van der Waals surface area contributed by atoms with E-state index >= 15 is 0 Å². The normalized spacial score (nSPS) is 35.9. The number of piperidine rings is 1. The Hall–Kier alpha value is -0.900. The van der Waals surface area contributed by atoms with E-state index in [2.05, 4.69) is 5.32 Å². The van der Waals surface area contributed by atoms with Gasteiger partial charge in [-0.15, -0.1) is 0 Å². The molecule has 0 bridgehead atoms. The van der Waals surface area contributed by atoms with Crippen molar-refractivity contribution in [3.05, 3.63) is 0 Å². The predicted molar refractivity (Wildman–Crippen MR) is 49.3 cm³/mol. The zero-order valence-corrected chi connectivity index (χ0v) is 8.03. The lowest BCUT2D eigenvalue weighted by Crippen LogP contribution is -2.44. The van der Waals surface area contributed by atoms with Crippen LogP contribution >= 0.6 is 0 Å². The molecule has 3 rings (SSSR count). The van der Waals surface area contributed by atoms with Gasteiger partial charge in [0, 0.05) is 6.54 Å². The highest BCUT2D eigenvalue weighted by molar-refractivity contribution is 6.08. The third-order valence-electron chi connectivity index (χ3n) is 3.58. The number of carbonyl (C=O) groups excluding carboxylic acids is 2. The zero-order valence-electron chi connectivity index (χ0n) is 8.03. The highest BCUT2D eigenvalue weighted by Gasteiger charge is 2.58. The minimum absolute atomic E-state index is 0.0713. The fraction of sp³-hybridized carbons (Fsp3) is 0.800. The Kier molecular flexibility index (Phi) is 1.68. The van der Waals surface area contributed by atoms with Crippen LogP contribution in [0.3, 0.4) is 0 Å². The number of carbonyl (C=O) groups is 2. The summed E-state index contributed by atoms with van der Waals surface area (Å²) < 4.78 is 0. The molecule has 2 amide bonds. The molecule has 1 aliphatic carbocycles. The maximum atomic E-state index is 11.6. The van der Waals surface area contributed by atoms with Gasteiger partial charge in [-0.2, -0.15) is 0 Å². The average Bonchev–Trinajstić information content (AvgIpc) is 2.82. The number of hydrogen-bond donors (Lipinski definition) is 1. The molecule has 2 unspecified atom stereocenters. The number of nitrogens with zero attached hydrogens (tertiary/aromatic N) is 1. The van der Waals surface area contributed by atoms with Crippen molar-refractivity contribution in [2.24, 2.45) is 17.8 Å². The van der Waals surface area contributed by atoms with Crippen molar-refractivity contribution >= 4 is 11.8 Å². The summed E-state index contributed by atoms with van der Waals surface area (Å²) >= 11 is 0. The molecule has 14 heavy (non-hydrogen) atoms. The molecule has 76 valence electrons. The molecule has 0 aromatic carbocycles. The quantitative estimate of drug-likeness (QED) is 0.622. The number of nitrogens with one attached hydrogen (secondary N) is 1. The van der Waals surface area contributed by atoms with E-state index in [-0.39, 0.29) is 23.7 Å². The van der Waals surface area contributed by atoms with Crippen LogP contribution in [0.15, 0.2) is 0 Å². The van der Waals surface area contributed by atoms with Crippen molar-refractivity contribution in [3.8, 4) is 0 Å². The van der Waals surface area contributed by atoms with Crippen LogP contribution in [-0.2, 0) is 9.59 Å². The molecule has 2 saturated heterocycles. The summed E-state index contributed by atoms with van der Waals surface area (Å²) in [7, 11) is 0. The Morgan fingerprint density at radius 3 is 2.36 bits per heavy atom. The molecule has 3 fully saturated rings. The van der Waals surface area contributed by atoms with E-state index < -0.39 is 0 Å². The fourth-order valence-electron chi connectivity index (χ4n) is 2.33. The maximum absolute atomic E-state index is 11.6. The van der Waals surface area contributed by atoms with Crippen LogP contribution in [-0.4, -0.2) is 36.3 Å². The number of rotatable bonds is 3. The minimum atomic E-state index is 0.0713. The van der Waals surface area contributed by atoms with Crippen LogP contribution in [0.2, 0.25) is 0 Å². The predicted octanol–water partition coefficient (Wildman–Crippen LogP) is -0.399. The molecule has 0 aromatic rings. The van der Waals surface area contributed by atoms with Gasteiger partial charge in [-0.1, -0.05) is 0 Å². The van der Waals surface area contributed by atoms with E-state index in [0.717, 1.165) is 25.9 Å². The molecular formula is C10H14N2O2. The van der Waals surface area contributed by atoms with E-state index in [4.69, 9.17) is 0 Å². The van der Waals surface area contributed by atoms with Crippen LogP contribution in [0.4, 0.5) is 0 Å². The number of imide groups is 1. The molecule has 2 heterocycles. The first-order valence-electron chi connectivity index (χ1n) is 5.33. The number of likely N-dealkylation sites (tertiary alicyclic amines) is 1. The molecular weight excluding hydrogens is 180 g/mol. The number of amides is 2. The third-order valence-corrected chi connectivity index (χ3v) is 3.58. The average molecular weight is 194 g/mol. The summed E-state index contributed by atoms with van der Waals surface area (Å²) in [6, 6.07) is 0. The van der Waals surface area contributed by atoms with Gasteiger partial charge in [0.1, 0.15) is 0 Å². The highest BCUT2D eigenvalue weighted by Crippen LogP contribution is 2.46. The molecule has 4 heteroatoms. The van der Waals surface area contributed by atoms with Crippen LogP contribution in [0.5, 0.6) is 0 Å². The standard InChI is InChI=1S/C10H14N2O2/c13-9-7-3-8(7)10(14)12(9)2-1-6-4-11-5-6/h6-8,11H,1-5H2. The van der Waals surface area contributed by atoms with Crippen molar-refractivity contribution in [1.82, 2.24) is 10.2 Å². The Morgan fingerprint density at radius 1 is 1.21 bits per heavy atom. The largest absolute Gasteiger partial charge is 0.316 e. The van der Waals surface area contributed by atoms with Crippen molar-refractivity contribution < 1.29 is 9.59 Å². The molecule has 0 aromatic heterocycles. The molecule has 4 nitrogen and oxygen atoms in total. The first kappa shape index (κ1) is 8.41. The van der Waals surface area contributed by atoms with Gasteiger partial charge >= 0.3 is 0 Å². The molecule has 1 N–H and O–H groups in total. The molecule has 1 saturated carbocycles. The lowest BCUT2D eigenvalue weighted by atomic mass is 9.99. The Bertz CT molecular complexity index is 278. The van der Waals surface area contributed by atoms with E-state index in [9.17, 15) is 9.59 Å². The number of hydrogen-bond acceptors (Lipinski definition) is 3. The Morgan fingerprint density at radius 2 is 1.86 bits per heavy atom. The highest BCUT2D eigenvalue weighted by atomic mass is 16.2. The van der Waals surface area contributed by atoms with Gasteiger partial charge in [-0.25, -0.2) is 0 Å². The van der Waals surface area contributed by atoms with Gasteiger partial charge in [0.25, 0.3) is 0 Å². The van der Waals surface area contributed by atoms with Gasteiger partial charge < -0.3 is 5.32 Å². The summed E-state index contributed by atoms with van der Waals surface area (Å²) in [6.07, 6.45) is 1.79. The lowest BCUT2D eigenvalue weighted by Gasteiger charge is -2.28. The topological polar surface area (TPSA) is 49.4 Å². The van der Waals surface area contributed by atoms with Crippen LogP contribution in [0.25, 0.3) is 0 Å². The first-order valence-corrected chi connectivity index (χ1v) is 5.33. The van der Waals surface area contributed by atoms with Gasteiger partial charge in [-0.3, -0.25) is 14.5 Å². The van der Waals surface area contributed by atoms with Gasteiger partial charge in [0.2, 0.25) is 11.8 Å². The molecule has 0 radical (unpaired) electrons. The van der Waals surface area contributed by atoms with Crippen molar-refractivity contribution in [2.45, 2.75) is 12.8 Å². The molecule has 3 aliphatic rings. The van der Waals surface area contributed by atoms with Crippen LogP contribution < -0.4 is 5.32 Å². The van der Waals surface area contributed by atoms with Gasteiger partial charge in [0.15, 0.2) is 0 Å². The van der Waals surface area contributed by atoms with Crippen LogP contribution in [0, 0.1) is 17.8 Å². The Balaban J connectivity index is 1.56. The summed E-state index contributed by atoms with van der Waals surface area (Å²) in [5.41, 5.74) is 0. The second-order valence-electron chi connectivity index (χ2n) is 4.59. The number of fused-ring (bicyclic) bond motifs is 1. The smallest absolute Gasteiger partial charge is 0.233 e. The Labute approximate surface area is 82.6 Å². The molecule has 0 spiro atoms. The lowest BCUT2D eigenvalue weighted by molar-refractivity contribution is -0.141. The van der Waals surface area contributed by atoms with E-state index in [1.165, 1.54) is 4.90 Å². The van der Waals surface area contributed by atoms with Gasteiger partial charge in [-0.05, 0) is 31.8 Å². The first-order chi connectivity index (χ1) is 6.77. The monoisotopic (exact) mass is 194 g/mol. The summed E-state index contributed by atoms with van der Waals surface area (Å²) in [5.74, 6) is 0.996. The van der Waals surface area contributed by atoms with Gasteiger partial charge in [0.05, 0.1) is 11.8 Å². The van der Waals surface area contributed by atoms with Crippen molar-refractivity contribution in [3.63, 3.8) is 0 Å². The summed E-state index contributed by atoms with van der Waals surface area (Å²) in [4.78, 5) is 24.6. The molecule has 2 atom stereocenters. The van der Waals surface area contributed by atoms with Crippen molar-refractivity contribution in [2.75, 3.05) is 19.6 Å². The maximum Gasteiger partial charge on any atom is 0.233 e. The minimum Gasteiger partial charge on any atom is -0.316 e. The van der Waals surface area contributed by atoms with E-state index in [1.807, 2.05) is 0 Å². The third kappa shape index (κ3) is 1.10. The second kappa shape index (κ2) is 2.79. The summed E-state index contributed by atoms with van der Waals surface area (Å²) in [5, 5.41) is 3.19. The fourth-order valence-corrected chi connectivity index (χ4v) is 2.33. The summed E-state index contributed by atoms with van der Waals surface area (Å²) in [6.45, 7) is 2.74. The van der Waals surface area contributed by atoms with E-state index in [0.29, 0.717) is 12.5 Å². The molecule has 2 aliphatic heterocycles. The SMILES string of the molecule is O=C1C2CC2C(=O)N1CCC1CNC1. The zero-order chi connectivity index (χ0) is 9.71. The van der Waals surface area contributed by atoms with Crippen LogP contribution in [0.1, 0.15) is 12.8 Å². The van der Waals surface area contributed by atoms with Crippen molar-refractivity contribution in [1.29, 1.82) is 0 Å².